The zero-order chi connectivity index (χ0) is 19.8. The van der Waals surface area contributed by atoms with Crippen LogP contribution in [0, 0.1) is 0 Å². The molecule has 4 aromatic rings. The first kappa shape index (κ1) is 19.0. The van der Waals surface area contributed by atoms with E-state index in [0.29, 0.717) is 23.0 Å². The third kappa shape index (κ3) is 3.21. The van der Waals surface area contributed by atoms with Crippen LogP contribution >= 0.6 is 22.7 Å². The molecule has 0 saturated heterocycles. The van der Waals surface area contributed by atoms with Crippen LogP contribution in [0.25, 0.3) is 20.2 Å². The van der Waals surface area contributed by atoms with Gasteiger partial charge in [-0.25, -0.2) is 4.21 Å². The first-order chi connectivity index (χ1) is 13.6. The number of rotatable bonds is 6. The van der Waals surface area contributed by atoms with Crippen LogP contribution in [-0.4, -0.2) is 32.6 Å². The number of benzene rings is 2. The fraction of sp³-hybridized carbons (Fsp3) is 0.200. The van der Waals surface area contributed by atoms with Crippen LogP contribution in [-0.2, 0) is 10.8 Å². The highest BCUT2D eigenvalue weighted by Gasteiger charge is 2.17. The van der Waals surface area contributed by atoms with Gasteiger partial charge in [0.1, 0.15) is 10.8 Å². The normalized spacial score (nSPS) is 11.3. The standard InChI is InChI=1S/C20H18O5S3/c1-22-13-5-11-7-19(26-17(11)9-15(13)24-3)28(21)20-8-12-6-14(23-2)16(25-4)10-18(12)27-20/h5-10H,1-4H3. The highest BCUT2D eigenvalue weighted by molar-refractivity contribution is 7.89. The molecule has 0 aliphatic heterocycles. The zero-order valence-electron chi connectivity index (χ0n) is 15.7. The summed E-state index contributed by atoms with van der Waals surface area (Å²) in [5.41, 5.74) is 0. The Bertz CT molecular complexity index is 1020. The fourth-order valence-corrected chi connectivity index (χ4v) is 7.08. The number of methoxy groups -OCH3 is 4. The van der Waals surface area contributed by atoms with E-state index < -0.39 is 10.8 Å². The number of ether oxygens (including phenoxy) is 4. The lowest BCUT2D eigenvalue weighted by atomic mass is 10.2. The highest BCUT2D eigenvalue weighted by Crippen LogP contribution is 2.41. The van der Waals surface area contributed by atoms with E-state index in [0.717, 1.165) is 28.6 Å². The molecule has 8 heteroatoms. The van der Waals surface area contributed by atoms with Crippen molar-refractivity contribution in [3.8, 4) is 23.0 Å². The number of hydrogen-bond donors (Lipinski definition) is 0. The topological polar surface area (TPSA) is 54.0 Å². The Labute approximate surface area is 172 Å². The Kier molecular flexibility index (Phi) is 5.18. The van der Waals surface area contributed by atoms with Gasteiger partial charge in [0.05, 0.1) is 36.9 Å². The summed E-state index contributed by atoms with van der Waals surface area (Å²) in [6, 6.07) is 11.5. The monoisotopic (exact) mass is 434 g/mol. The van der Waals surface area contributed by atoms with Crippen molar-refractivity contribution in [1.82, 2.24) is 0 Å². The summed E-state index contributed by atoms with van der Waals surface area (Å²) in [6.07, 6.45) is 0. The maximum Gasteiger partial charge on any atom is 0.162 e. The maximum absolute atomic E-state index is 13.2. The molecule has 0 radical (unpaired) electrons. The highest BCUT2D eigenvalue weighted by atomic mass is 32.2. The average Bonchev–Trinajstić information content (AvgIpc) is 3.33. The molecule has 0 N–H and O–H groups in total. The van der Waals surface area contributed by atoms with Crippen LogP contribution in [0.15, 0.2) is 44.8 Å². The van der Waals surface area contributed by atoms with Gasteiger partial charge < -0.3 is 18.9 Å². The minimum atomic E-state index is -1.27. The molecule has 2 aromatic heterocycles. The molecule has 2 heterocycles. The second-order valence-corrected chi connectivity index (χ2v) is 9.99. The molecular weight excluding hydrogens is 416 g/mol. The van der Waals surface area contributed by atoms with Crippen LogP contribution in [0.4, 0.5) is 0 Å². The second-order valence-electron chi connectivity index (χ2n) is 5.89. The predicted octanol–water partition coefficient (Wildman–Crippen LogP) is 5.32. The van der Waals surface area contributed by atoms with Crippen molar-refractivity contribution in [1.29, 1.82) is 0 Å². The number of hydrogen-bond acceptors (Lipinski definition) is 7. The Balaban J connectivity index is 1.76. The van der Waals surface area contributed by atoms with Crippen molar-refractivity contribution in [2.45, 2.75) is 8.42 Å². The zero-order valence-corrected chi connectivity index (χ0v) is 18.2. The van der Waals surface area contributed by atoms with Gasteiger partial charge in [0.25, 0.3) is 0 Å². The van der Waals surface area contributed by atoms with Crippen LogP contribution < -0.4 is 18.9 Å². The van der Waals surface area contributed by atoms with Gasteiger partial charge in [-0.3, -0.25) is 0 Å². The van der Waals surface area contributed by atoms with Gasteiger partial charge in [-0.05, 0) is 35.0 Å². The molecule has 0 atom stereocenters. The molecule has 0 saturated carbocycles. The first-order valence-corrected chi connectivity index (χ1v) is 11.1. The van der Waals surface area contributed by atoms with E-state index in [1.165, 1.54) is 22.7 Å². The van der Waals surface area contributed by atoms with E-state index in [1.54, 1.807) is 28.4 Å². The first-order valence-electron chi connectivity index (χ1n) is 8.31. The fourth-order valence-electron chi connectivity index (χ4n) is 2.97. The Hall–Kier alpha value is -2.29. The number of thiophene rings is 2. The van der Waals surface area contributed by atoms with Crippen LogP contribution in [0.5, 0.6) is 23.0 Å². The summed E-state index contributed by atoms with van der Waals surface area (Å²) < 4.78 is 38.3. The van der Waals surface area contributed by atoms with Crippen LogP contribution in [0.1, 0.15) is 0 Å². The molecule has 0 unspecified atom stereocenters. The molecule has 0 aliphatic rings. The van der Waals surface area contributed by atoms with Crippen molar-refractivity contribution >= 4 is 53.6 Å². The quantitative estimate of drug-likeness (QED) is 0.411. The lowest BCUT2D eigenvalue weighted by molar-refractivity contribution is 0.356. The molecule has 0 fully saturated rings. The summed E-state index contributed by atoms with van der Waals surface area (Å²) >= 11 is 2.99. The van der Waals surface area contributed by atoms with Gasteiger partial charge in [-0.1, -0.05) is 0 Å². The largest absolute Gasteiger partial charge is 0.493 e. The third-order valence-electron chi connectivity index (χ3n) is 4.37. The van der Waals surface area contributed by atoms with Crippen molar-refractivity contribution in [2.75, 3.05) is 28.4 Å². The van der Waals surface area contributed by atoms with E-state index in [-0.39, 0.29) is 0 Å². The van der Waals surface area contributed by atoms with E-state index in [9.17, 15) is 4.21 Å². The van der Waals surface area contributed by atoms with Crippen LogP contribution in [0.3, 0.4) is 0 Å². The third-order valence-corrected chi connectivity index (χ3v) is 8.53. The molecule has 0 spiro atoms. The van der Waals surface area contributed by atoms with Crippen molar-refractivity contribution in [2.24, 2.45) is 0 Å². The van der Waals surface area contributed by atoms with E-state index in [4.69, 9.17) is 18.9 Å². The molecule has 5 nitrogen and oxygen atoms in total. The average molecular weight is 435 g/mol. The van der Waals surface area contributed by atoms with E-state index >= 15 is 0 Å². The van der Waals surface area contributed by atoms with Gasteiger partial charge in [-0.2, -0.15) is 0 Å². The van der Waals surface area contributed by atoms with E-state index in [1.807, 2.05) is 36.4 Å². The van der Waals surface area contributed by atoms with Gasteiger partial charge in [0.15, 0.2) is 23.0 Å². The molecule has 2 aromatic carbocycles. The van der Waals surface area contributed by atoms with Crippen molar-refractivity contribution in [3.63, 3.8) is 0 Å². The molecule has 28 heavy (non-hydrogen) atoms. The molecule has 146 valence electrons. The van der Waals surface area contributed by atoms with Crippen LogP contribution in [0.2, 0.25) is 0 Å². The van der Waals surface area contributed by atoms with Gasteiger partial charge in [0, 0.05) is 21.5 Å². The second kappa shape index (κ2) is 7.62. The predicted molar refractivity (Wildman–Crippen MR) is 115 cm³/mol. The van der Waals surface area contributed by atoms with Gasteiger partial charge in [0.2, 0.25) is 0 Å². The molecule has 0 bridgehead atoms. The molecule has 0 aliphatic carbocycles. The van der Waals surface area contributed by atoms with Gasteiger partial charge >= 0.3 is 0 Å². The lowest BCUT2D eigenvalue weighted by Gasteiger charge is -2.06. The smallest absolute Gasteiger partial charge is 0.162 e. The lowest BCUT2D eigenvalue weighted by Crippen LogP contribution is -1.89. The Morgan fingerprint density at radius 2 is 0.964 bits per heavy atom. The van der Waals surface area contributed by atoms with Crippen molar-refractivity contribution < 1.29 is 23.2 Å². The minimum Gasteiger partial charge on any atom is -0.493 e. The summed E-state index contributed by atoms with van der Waals surface area (Å²) in [5.74, 6) is 2.64. The van der Waals surface area contributed by atoms with Gasteiger partial charge in [-0.15, -0.1) is 22.7 Å². The van der Waals surface area contributed by atoms with Crippen molar-refractivity contribution in [3.05, 3.63) is 36.4 Å². The maximum atomic E-state index is 13.2. The SMILES string of the molecule is COc1cc2cc(S(=O)c3cc4cc(OC)c(OC)cc4s3)sc2cc1OC. The Morgan fingerprint density at radius 1 is 0.607 bits per heavy atom. The van der Waals surface area contributed by atoms with E-state index in [2.05, 4.69) is 0 Å². The molecule has 0 amide bonds. The summed E-state index contributed by atoms with van der Waals surface area (Å²) in [4.78, 5) is 0. The Morgan fingerprint density at radius 3 is 1.32 bits per heavy atom. The molecular formula is C20H18O5S3. The molecule has 4 rings (SSSR count). The summed E-state index contributed by atoms with van der Waals surface area (Å²) in [6.45, 7) is 0. The number of fused-ring (bicyclic) bond motifs is 2. The minimum absolute atomic E-state index is 0.659. The summed E-state index contributed by atoms with van der Waals surface area (Å²) in [7, 11) is 5.15. The summed E-state index contributed by atoms with van der Waals surface area (Å²) in [5, 5.41) is 1.96.